The number of nitrogens with two attached hydrogens (primary N) is 1. The van der Waals surface area contributed by atoms with Crippen LogP contribution in [-0.2, 0) is 7.05 Å². The number of hydrogen-bond acceptors (Lipinski definition) is 3. The van der Waals surface area contributed by atoms with Gasteiger partial charge in [0, 0.05) is 17.8 Å². The zero-order chi connectivity index (χ0) is 12.0. The molecule has 0 saturated heterocycles. The fourth-order valence-electron chi connectivity index (χ4n) is 2.32. The van der Waals surface area contributed by atoms with E-state index in [0.29, 0.717) is 5.82 Å². The predicted molar refractivity (Wildman–Crippen MR) is 69.2 cm³/mol. The molecule has 3 rings (SSSR count). The van der Waals surface area contributed by atoms with E-state index in [1.54, 1.807) is 13.3 Å². The minimum atomic E-state index is 0.535. The van der Waals surface area contributed by atoms with Crippen molar-refractivity contribution in [1.29, 1.82) is 0 Å². The Morgan fingerprint density at radius 1 is 1.29 bits per heavy atom. The lowest BCUT2D eigenvalue weighted by Gasteiger charge is -2.03. The standard InChI is InChI=1S/C13H13N3O/c1-16-10-7-15-12(14)6-9(10)8-4-3-5-11(17-2)13(8)16/h3-7H,1-2H3,(H2,14,15). The molecule has 0 fully saturated rings. The number of methoxy groups -OCH3 is 1. The lowest BCUT2D eigenvalue weighted by molar-refractivity contribution is 0.418. The Balaban J connectivity index is 2.58. The summed E-state index contributed by atoms with van der Waals surface area (Å²) in [7, 11) is 3.68. The second-order valence-electron chi connectivity index (χ2n) is 4.04. The maximum absolute atomic E-state index is 5.74. The normalized spacial score (nSPS) is 11.2. The van der Waals surface area contributed by atoms with Crippen LogP contribution in [0.3, 0.4) is 0 Å². The summed E-state index contributed by atoms with van der Waals surface area (Å²) in [4.78, 5) is 4.14. The highest BCUT2D eigenvalue weighted by atomic mass is 16.5. The molecule has 0 spiro atoms. The summed E-state index contributed by atoms with van der Waals surface area (Å²) >= 11 is 0. The lowest BCUT2D eigenvalue weighted by Crippen LogP contribution is -1.92. The number of fused-ring (bicyclic) bond motifs is 3. The molecule has 3 aromatic rings. The van der Waals surface area contributed by atoms with Gasteiger partial charge in [-0.15, -0.1) is 0 Å². The van der Waals surface area contributed by atoms with Crippen molar-refractivity contribution in [2.24, 2.45) is 7.05 Å². The first-order valence-corrected chi connectivity index (χ1v) is 5.39. The van der Waals surface area contributed by atoms with Gasteiger partial charge in [-0.25, -0.2) is 4.98 Å². The molecule has 0 bridgehead atoms. The molecule has 1 aromatic carbocycles. The van der Waals surface area contributed by atoms with Crippen molar-refractivity contribution >= 4 is 27.6 Å². The Morgan fingerprint density at radius 3 is 2.88 bits per heavy atom. The molecule has 2 aromatic heterocycles. The minimum absolute atomic E-state index is 0.535. The van der Waals surface area contributed by atoms with Gasteiger partial charge in [0.1, 0.15) is 11.6 Å². The van der Waals surface area contributed by atoms with Gasteiger partial charge >= 0.3 is 0 Å². The van der Waals surface area contributed by atoms with Crippen molar-refractivity contribution in [2.45, 2.75) is 0 Å². The van der Waals surface area contributed by atoms with Crippen molar-refractivity contribution < 1.29 is 4.74 Å². The van der Waals surface area contributed by atoms with Crippen molar-refractivity contribution in [3.05, 3.63) is 30.5 Å². The Bertz CT molecular complexity index is 715. The summed E-state index contributed by atoms with van der Waals surface area (Å²) in [6.07, 6.45) is 1.80. The Hall–Kier alpha value is -2.23. The number of anilines is 1. The number of benzene rings is 1. The van der Waals surface area contributed by atoms with Crippen molar-refractivity contribution in [2.75, 3.05) is 12.8 Å². The van der Waals surface area contributed by atoms with E-state index in [2.05, 4.69) is 15.6 Å². The van der Waals surface area contributed by atoms with Gasteiger partial charge in [0.05, 0.1) is 24.3 Å². The van der Waals surface area contributed by atoms with Gasteiger partial charge in [-0.3, -0.25) is 0 Å². The molecule has 0 saturated carbocycles. The molecule has 0 aliphatic rings. The topological polar surface area (TPSA) is 53.1 Å². The van der Waals surface area contributed by atoms with Crippen LogP contribution < -0.4 is 10.5 Å². The highest BCUT2D eigenvalue weighted by molar-refractivity contribution is 6.10. The predicted octanol–water partition coefficient (Wildman–Crippen LogP) is 2.32. The SMILES string of the molecule is COc1cccc2c3cc(N)ncc3n(C)c12. The van der Waals surface area contributed by atoms with Crippen LogP contribution in [0.15, 0.2) is 30.5 Å². The maximum atomic E-state index is 5.74. The average molecular weight is 227 g/mol. The fourth-order valence-corrected chi connectivity index (χ4v) is 2.32. The van der Waals surface area contributed by atoms with Gasteiger partial charge < -0.3 is 15.0 Å². The summed E-state index contributed by atoms with van der Waals surface area (Å²) in [6, 6.07) is 7.91. The van der Waals surface area contributed by atoms with Crippen LogP contribution in [0.4, 0.5) is 5.82 Å². The number of rotatable bonds is 1. The molecule has 2 heterocycles. The molecule has 0 aliphatic heterocycles. The second-order valence-corrected chi connectivity index (χ2v) is 4.04. The number of nitrogen functional groups attached to an aromatic ring is 1. The van der Waals surface area contributed by atoms with E-state index >= 15 is 0 Å². The van der Waals surface area contributed by atoms with Crippen LogP contribution in [0.25, 0.3) is 21.8 Å². The number of hydrogen-bond donors (Lipinski definition) is 1. The fraction of sp³-hybridized carbons (Fsp3) is 0.154. The third-order valence-corrected chi connectivity index (χ3v) is 3.11. The summed E-state index contributed by atoms with van der Waals surface area (Å²) in [5, 5.41) is 2.24. The van der Waals surface area contributed by atoms with E-state index in [9.17, 15) is 0 Å². The highest BCUT2D eigenvalue weighted by Gasteiger charge is 2.12. The molecule has 0 radical (unpaired) electrons. The average Bonchev–Trinajstić information content (AvgIpc) is 2.63. The van der Waals surface area contributed by atoms with E-state index in [1.165, 1.54) is 0 Å². The molecule has 4 heteroatoms. The molecule has 0 amide bonds. The Labute approximate surface area is 98.6 Å². The maximum Gasteiger partial charge on any atom is 0.143 e. The van der Waals surface area contributed by atoms with E-state index in [1.807, 2.05) is 25.2 Å². The highest BCUT2D eigenvalue weighted by Crippen LogP contribution is 2.33. The zero-order valence-electron chi connectivity index (χ0n) is 9.77. The van der Waals surface area contributed by atoms with Gasteiger partial charge in [0.25, 0.3) is 0 Å². The molecule has 17 heavy (non-hydrogen) atoms. The van der Waals surface area contributed by atoms with E-state index in [-0.39, 0.29) is 0 Å². The number of aryl methyl sites for hydroxylation is 1. The van der Waals surface area contributed by atoms with Gasteiger partial charge in [-0.05, 0) is 12.1 Å². The quantitative estimate of drug-likeness (QED) is 0.694. The molecular weight excluding hydrogens is 214 g/mol. The van der Waals surface area contributed by atoms with E-state index in [4.69, 9.17) is 10.5 Å². The van der Waals surface area contributed by atoms with Gasteiger partial charge in [-0.2, -0.15) is 0 Å². The first kappa shape index (κ1) is 9.96. The third kappa shape index (κ3) is 1.27. The van der Waals surface area contributed by atoms with Crippen LogP contribution in [0, 0.1) is 0 Å². The monoisotopic (exact) mass is 227 g/mol. The smallest absolute Gasteiger partial charge is 0.143 e. The third-order valence-electron chi connectivity index (χ3n) is 3.11. The molecule has 86 valence electrons. The van der Waals surface area contributed by atoms with Crippen LogP contribution in [0.1, 0.15) is 0 Å². The summed E-state index contributed by atoms with van der Waals surface area (Å²) in [5.41, 5.74) is 7.86. The van der Waals surface area contributed by atoms with Crippen LogP contribution in [-0.4, -0.2) is 16.7 Å². The number of aromatic nitrogens is 2. The van der Waals surface area contributed by atoms with Crippen LogP contribution in [0.5, 0.6) is 5.75 Å². The second kappa shape index (κ2) is 3.38. The largest absolute Gasteiger partial charge is 0.495 e. The van der Waals surface area contributed by atoms with Gasteiger partial charge in [0.15, 0.2) is 0 Å². The van der Waals surface area contributed by atoms with Crippen LogP contribution >= 0.6 is 0 Å². The molecule has 0 unspecified atom stereocenters. The Morgan fingerprint density at radius 2 is 2.12 bits per heavy atom. The van der Waals surface area contributed by atoms with Gasteiger partial charge in [0.2, 0.25) is 0 Å². The minimum Gasteiger partial charge on any atom is -0.495 e. The van der Waals surface area contributed by atoms with Crippen molar-refractivity contribution in [3.63, 3.8) is 0 Å². The number of para-hydroxylation sites is 1. The summed E-state index contributed by atoms with van der Waals surface area (Å²) in [5.74, 6) is 1.40. The van der Waals surface area contributed by atoms with Crippen LogP contribution in [0.2, 0.25) is 0 Å². The number of ether oxygens (including phenoxy) is 1. The molecule has 4 nitrogen and oxygen atoms in total. The number of nitrogens with zero attached hydrogens (tertiary/aromatic N) is 2. The molecular formula is C13H13N3O. The summed E-state index contributed by atoms with van der Waals surface area (Å²) in [6.45, 7) is 0. The van der Waals surface area contributed by atoms with E-state index < -0.39 is 0 Å². The first-order chi connectivity index (χ1) is 8.22. The van der Waals surface area contributed by atoms with Crippen molar-refractivity contribution in [3.8, 4) is 5.75 Å². The van der Waals surface area contributed by atoms with E-state index in [0.717, 1.165) is 27.6 Å². The lowest BCUT2D eigenvalue weighted by atomic mass is 10.2. The first-order valence-electron chi connectivity index (χ1n) is 5.39. The Kier molecular flexibility index (Phi) is 1.98. The molecule has 0 aliphatic carbocycles. The molecule has 0 atom stereocenters. The van der Waals surface area contributed by atoms with Gasteiger partial charge in [-0.1, -0.05) is 12.1 Å². The molecule has 2 N–H and O–H groups in total. The summed E-state index contributed by atoms with van der Waals surface area (Å²) < 4.78 is 7.47. The number of pyridine rings is 1. The van der Waals surface area contributed by atoms with Crippen molar-refractivity contribution in [1.82, 2.24) is 9.55 Å². The zero-order valence-corrected chi connectivity index (χ0v) is 9.77.